The number of hydrogen-bond donors (Lipinski definition) is 1. The molecule has 1 aromatic carbocycles. The predicted molar refractivity (Wildman–Crippen MR) is 89.6 cm³/mol. The van der Waals surface area contributed by atoms with Crippen LogP contribution >= 0.6 is 0 Å². The largest absolute Gasteiger partial charge is 0.373 e. The highest BCUT2D eigenvalue weighted by atomic mass is 16.6. The van der Waals surface area contributed by atoms with Crippen LogP contribution in [0.5, 0.6) is 0 Å². The Morgan fingerprint density at radius 3 is 2.78 bits per heavy atom. The molecule has 0 spiro atoms. The molecule has 1 heterocycles. The molecule has 0 saturated heterocycles. The highest BCUT2D eigenvalue weighted by molar-refractivity contribution is 6.00. The van der Waals surface area contributed by atoms with Gasteiger partial charge in [0.25, 0.3) is 5.69 Å². The van der Waals surface area contributed by atoms with Crippen LogP contribution in [0.1, 0.15) is 12.5 Å². The summed E-state index contributed by atoms with van der Waals surface area (Å²) in [6.07, 6.45) is 1.70. The molecule has 0 bridgehead atoms. The molecule has 1 amide bonds. The van der Waals surface area contributed by atoms with Crippen molar-refractivity contribution in [1.29, 1.82) is 0 Å². The second-order valence-corrected chi connectivity index (χ2v) is 5.61. The van der Waals surface area contributed by atoms with Gasteiger partial charge in [-0.15, -0.1) is 0 Å². The summed E-state index contributed by atoms with van der Waals surface area (Å²) in [7, 11) is 3.43. The SMILES string of the molecule is CNC(=O)C(C)CN(C)c1c(C)cnc2cccc([N+](=O)[O-])c12. The molecule has 7 nitrogen and oxygen atoms in total. The Bertz CT molecular complexity index is 760. The van der Waals surface area contributed by atoms with Crippen LogP contribution in [0.2, 0.25) is 0 Å². The quantitative estimate of drug-likeness (QED) is 0.675. The fourth-order valence-electron chi connectivity index (χ4n) is 2.78. The van der Waals surface area contributed by atoms with E-state index in [1.165, 1.54) is 6.07 Å². The van der Waals surface area contributed by atoms with Crippen molar-refractivity contribution in [2.45, 2.75) is 13.8 Å². The van der Waals surface area contributed by atoms with Crippen LogP contribution in [0.3, 0.4) is 0 Å². The van der Waals surface area contributed by atoms with E-state index in [1.54, 1.807) is 25.4 Å². The molecule has 1 N–H and O–H groups in total. The van der Waals surface area contributed by atoms with Gasteiger partial charge >= 0.3 is 0 Å². The van der Waals surface area contributed by atoms with Crippen molar-refractivity contribution in [3.8, 4) is 0 Å². The zero-order valence-corrected chi connectivity index (χ0v) is 13.7. The number of fused-ring (bicyclic) bond motifs is 1. The van der Waals surface area contributed by atoms with Crippen molar-refractivity contribution in [2.75, 3.05) is 25.5 Å². The van der Waals surface area contributed by atoms with Gasteiger partial charge in [-0.05, 0) is 18.6 Å². The van der Waals surface area contributed by atoms with Crippen molar-refractivity contribution in [1.82, 2.24) is 10.3 Å². The minimum atomic E-state index is -0.400. The highest BCUT2D eigenvalue weighted by Gasteiger charge is 2.22. The van der Waals surface area contributed by atoms with Crippen LogP contribution in [0, 0.1) is 23.0 Å². The van der Waals surface area contributed by atoms with Gasteiger partial charge in [-0.1, -0.05) is 13.0 Å². The number of nitro groups is 1. The third kappa shape index (κ3) is 3.23. The smallest absolute Gasteiger partial charge is 0.280 e. The van der Waals surface area contributed by atoms with Crippen LogP contribution < -0.4 is 10.2 Å². The number of non-ortho nitro benzene ring substituents is 1. The molecule has 0 aliphatic heterocycles. The molecule has 2 rings (SSSR count). The molecule has 1 unspecified atom stereocenters. The number of nitrogens with zero attached hydrogens (tertiary/aromatic N) is 3. The highest BCUT2D eigenvalue weighted by Crippen LogP contribution is 2.35. The molecule has 0 saturated carbocycles. The minimum Gasteiger partial charge on any atom is -0.373 e. The maximum atomic E-state index is 11.7. The molecule has 0 radical (unpaired) electrons. The van der Waals surface area contributed by atoms with Crippen molar-refractivity contribution in [2.24, 2.45) is 5.92 Å². The summed E-state index contributed by atoms with van der Waals surface area (Å²) >= 11 is 0. The van der Waals surface area contributed by atoms with Gasteiger partial charge in [0, 0.05) is 32.9 Å². The number of benzene rings is 1. The Kier molecular flexibility index (Phi) is 4.78. The van der Waals surface area contributed by atoms with Gasteiger partial charge < -0.3 is 10.2 Å². The summed E-state index contributed by atoms with van der Waals surface area (Å²) in [5.41, 5.74) is 2.16. The van der Waals surface area contributed by atoms with Crippen molar-refractivity contribution in [3.05, 3.63) is 40.1 Å². The van der Waals surface area contributed by atoms with E-state index in [-0.39, 0.29) is 17.5 Å². The number of carbonyl (C=O) groups is 1. The van der Waals surface area contributed by atoms with E-state index < -0.39 is 4.92 Å². The zero-order chi connectivity index (χ0) is 17.1. The normalized spacial score (nSPS) is 12.0. The van der Waals surface area contributed by atoms with E-state index in [9.17, 15) is 14.9 Å². The Morgan fingerprint density at radius 2 is 2.17 bits per heavy atom. The number of nitro benzene ring substituents is 1. The second kappa shape index (κ2) is 6.60. The molecule has 7 heteroatoms. The van der Waals surface area contributed by atoms with Crippen LogP contribution in [-0.4, -0.2) is 36.5 Å². The van der Waals surface area contributed by atoms with Crippen molar-refractivity contribution < 1.29 is 9.72 Å². The fourth-order valence-corrected chi connectivity index (χ4v) is 2.78. The summed E-state index contributed by atoms with van der Waals surface area (Å²) in [5.74, 6) is -0.308. The number of rotatable bonds is 5. The van der Waals surface area contributed by atoms with E-state index in [0.717, 1.165) is 11.3 Å². The van der Waals surface area contributed by atoms with Crippen molar-refractivity contribution in [3.63, 3.8) is 0 Å². The van der Waals surface area contributed by atoms with Crippen LogP contribution in [0.15, 0.2) is 24.4 Å². The molecule has 0 aliphatic carbocycles. The van der Waals surface area contributed by atoms with Crippen molar-refractivity contribution >= 4 is 28.2 Å². The number of hydrogen-bond acceptors (Lipinski definition) is 5. The standard InChI is InChI=1S/C16H20N4O3/c1-10-8-18-12-6-5-7-13(20(22)23)14(12)15(10)19(4)9-11(2)16(21)17-3/h5-8,11H,9H2,1-4H3,(H,17,21). The molecule has 0 fully saturated rings. The van der Waals surface area contributed by atoms with Crippen LogP contribution in [0.25, 0.3) is 10.9 Å². The van der Waals surface area contributed by atoms with E-state index in [1.807, 2.05) is 25.8 Å². The fraction of sp³-hybridized carbons (Fsp3) is 0.375. The summed E-state index contributed by atoms with van der Waals surface area (Å²) < 4.78 is 0. The first kappa shape index (κ1) is 16.7. The Hall–Kier alpha value is -2.70. The lowest BCUT2D eigenvalue weighted by atomic mass is 10.1. The third-order valence-electron chi connectivity index (χ3n) is 3.85. The first-order valence-electron chi connectivity index (χ1n) is 7.32. The monoisotopic (exact) mass is 316 g/mol. The first-order valence-corrected chi connectivity index (χ1v) is 7.32. The second-order valence-electron chi connectivity index (χ2n) is 5.61. The number of carbonyl (C=O) groups excluding carboxylic acids is 1. The van der Waals surface area contributed by atoms with E-state index >= 15 is 0 Å². The maximum absolute atomic E-state index is 11.7. The molecule has 0 aliphatic rings. The van der Waals surface area contributed by atoms with Crippen LogP contribution in [-0.2, 0) is 4.79 Å². The van der Waals surface area contributed by atoms with Gasteiger partial charge in [0.15, 0.2) is 0 Å². The van der Waals surface area contributed by atoms with Gasteiger partial charge in [-0.3, -0.25) is 19.9 Å². The Labute approximate surface area is 134 Å². The van der Waals surface area contributed by atoms with E-state index in [4.69, 9.17) is 0 Å². The molecular weight excluding hydrogens is 296 g/mol. The lowest BCUT2D eigenvalue weighted by Crippen LogP contribution is -2.34. The Balaban J connectivity index is 2.56. The minimum absolute atomic E-state index is 0.0214. The maximum Gasteiger partial charge on any atom is 0.280 e. The van der Waals surface area contributed by atoms with Gasteiger partial charge in [0.1, 0.15) is 5.39 Å². The number of aryl methyl sites for hydroxylation is 1. The predicted octanol–water partition coefficient (Wildman–Crippen LogP) is 2.27. The van der Waals surface area contributed by atoms with Gasteiger partial charge in [0.05, 0.1) is 22.0 Å². The molecule has 122 valence electrons. The topological polar surface area (TPSA) is 88.4 Å². The molecule has 23 heavy (non-hydrogen) atoms. The average Bonchev–Trinajstić information content (AvgIpc) is 2.52. The third-order valence-corrected chi connectivity index (χ3v) is 3.85. The van der Waals surface area contributed by atoms with Crippen LogP contribution in [0.4, 0.5) is 11.4 Å². The lowest BCUT2D eigenvalue weighted by Gasteiger charge is -2.25. The van der Waals surface area contributed by atoms with Gasteiger partial charge in [-0.25, -0.2) is 0 Å². The molecule has 2 aromatic rings. The zero-order valence-electron chi connectivity index (χ0n) is 13.7. The Morgan fingerprint density at radius 1 is 1.48 bits per heavy atom. The van der Waals surface area contributed by atoms with E-state index in [0.29, 0.717) is 17.4 Å². The summed E-state index contributed by atoms with van der Waals surface area (Å²) in [4.78, 5) is 28.9. The average molecular weight is 316 g/mol. The van der Waals surface area contributed by atoms with Gasteiger partial charge in [0.2, 0.25) is 5.91 Å². The lowest BCUT2D eigenvalue weighted by molar-refractivity contribution is -0.383. The molecule has 1 aromatic heterocycles. The number of pyridine rings is 1. The summed E-state index contributed by atoms with van der Waals surface area (Å²) in [6.45, 7) is 4.13. The molecule has 1 atom stereocenters. The number of nitrogens with one attached hydrogen (secondary N) is 1. The molecular formula is C16H20N4O3. The van der Waals surface area contributed by atoms with Gasteiger partial charge in [-0.2, -0.15) is 0 Å². The first-order chi connectivity index (χ1) is 10.9. The summed E-state index contributed by atoms with van der Waals surface area (Å²) in [5, 5.41) is 14.5. The summed E-state index contributed by atoms with van der Waals surface area (Å²) in [6, 6.07) is 4.85. The van der Waals surface area contributed by atoms with E-state index in [2.05, 4.69) is 10.3 Å². The number of amides is 1. The number of aromatic nitrogens is 1. The number of anilines is 1.